The number of carbonyl (C=O) groups is 1. The molecule has 0 bridgehead atoms. The second kappa shape index (κ2) is 5.40. The minimum Gasteiger partial charge on any atom is -0.378 e. The normalized spacial score (nSPS) is 21.5. The van der Waals surface area contributed by atoms with E-state index in [1.165, 1.54) is 0 Å². The minimum absolute atomic E-state index is 0.0347. The molecule has 0 aromatic rings. The van der Waals surface area contributed by atoms with E-state index in [2.05, 4.69) is 27.8 Å². The highest BCUT2D eigenvalue weighted by atomic mass is 79.9. The van der Waals surface area contributed by atoms with E-state index in [4.69, 9.17) is 4.74 Å². The van der Waals surface area contributed by atoms with Crippen molar-refractivity contribution in [3.63, 3.8) is 0 Å². The van der Waals surface area contributed by atoms with Gasteiger partial charge in [-0.2, -0.15) is 0 Å². The van der Waals surface area contributed by atoms with Crippen molar-refractivity contribution in [2.75, 3.05) is 13.2 Å². The number of halogens is 1. The topological polar surface area (TPSA) is 38.3 Å². The smallest absolute Gasteiger partial charge is 0.222 e. The van der Waals surface area contributed by atoms with Crippen molar-refractivity contribution in [1.82, 2.24) is 5.32 Å². The summed E-state index contributed by atoms with van der Waals surface area (Å²) in [4.78, 5) is 11.3. The fraction of sp³-hybridized carbons (Fsp3) is 0.667. The van der Waals surface area contributed by atoms with Crippen LogP contribution in [0.2, 0.25) is 0 Å². The molecule has 1 rings (SSSR count). The summed E-state index contributed by atoms with van der Waals surface area (Å²) in [6.45, 7) is 4.92. The third-order valence-corrected chi connectivity index (χ3v) is 2.19. The van der Waals surface area contributed by atoms with Crippen LogP contribution in [0.4, 0.5) is 0 Å². The van der Waals surface area contributed by atoms with E-state index >= 15 is 0 Å². The summed E-state index contributed by atoms with van der Waals surface area (Å²) in [7, 11) is 0. The number of amides is 1. The minimum atomic E-state index is 0.0347. The van der Waals surface area contributed by atoms with Crippen molar-refractivity contribution in [1.29, 1.82) is 0 Å². The number of hydrogen-bond acceptors (Lipinski definition) is 2. The van der Waals surface area contributed by atoms with Crippen LogP contribution in [0.15, 0.2) is 11.1 Å². The molecule has 1 amide bonds. The van der Waals surface area contributed by atoms with Gasteiger partial charge in [-0.3, -0.25) is 4.79 Å². The lowest BCUT2D eigenvalue weighted by Crippen LogP contribution is -2.27. The Morgan fingerprint density at radius 3 is 3.00 bits per heavy atom. The fourth-order valence-corrected chi connectivity index (χ4v) is 1.42. The number of carbonyl (C=O) groups excluding carboxylic acids is 1. The molecule has 1 saturated heterocycles. The number of rotatable bonds is 4. The third-order valence-electron chi connectivity index (χ3n) is 1.91. The number of ether oxygens (including phenoxy) is 1. The summed E-state index contributed by atoms with van der Waals surface area (Å²) in [6, 6.07) is 0. The van der Waals surface area contributed by atoms with Gasteiger partial charge in [-0.15, -0.1) is 0 Å². The van der Waals surface area contributed by atoms with Crippen molar-refractivity contribution in [2.45, 2.75) is 25.4 Å². The third kappa shape index (κ3) is 4.43. The summed E-state index contributed by atoms with van der Waals surface area (Å²) in [5.41, 5.74) is 0. The van der Waals surface area contributed by atoms with Gasteiger partial charge in [0.05, 0.1) is 12.5 Å². The zero-order valence-electron chi connectivity index (χ0n) is 7.51. The highest BCUT2D eigenvalue weighted by Gasteiger charge is 2.18. The Labute approximate surface area is 86.7 Å². The van der Waals surface area contributed by atoms with Crippen LogP contribution in [-0.4, -0.2) is 25.2 Å². The molecule has 1 aliphatic rings. The van der Waals surface area contributed by atoms with E-state index in [1.54, 1.807) is 0 Å². The van der Waals surface area contributed by atoms with E-state index in [1.807, 2.05) is 0 Å². The molecule has 0 aromatic carbocycles. The Balaban J connectivity index is 2.13. The highest BCUT2D eigenvalue weighted by Crippen LogP contribution is 2.14. The average molecular weight is 248 g/mol. The molecular formula is C9H14BrNO2. The molecule has 1 aliphatic heterocycles. The summed E-state index contributed by atoms with van der Waals surface area (Å²) in [6.07, 6.45) is 2.68. The Hall–Kier alpha value is -0.350. The van der Waals surface area contributed by atoms with Crippen molar-refractivity contribution in [3.05, 3.63) is 11.1 Å². The van der Waals surface area contributed by atoms with Gasteiger partial charge >= 0.3 is 0 Å². The molecule has 0 spiro atoms. The molecule has 1 unspecified atom stereocenters. The molecule has 0 radical (unpaired) electrons. The van der Waals surface area contributed by atoms with Gasteiger partial charge in [0.25, 0.3) is 0 Å². The van der Waals surface area contributed by atoms with Gasteiger partial charge < -0.3 is 10.1 Å². The standard InChI is InChI=1S/C9H14BrNO2/c1-7(10)6-11-9(12)5-8-3-2-4-13-8/h8H,1-6H2,(H,11,12). The lowest BCUT2D eigenvalue weighted by Gasteiger charge is -2.08. The first kappa shape index (κ1) is 10.7. The van der Waals surface area contributed by atoms with Crippen molar-refractivity contribution < 1.29 is 9.53 Å². The highest BCUT2D eigenvalue weighted by molar-refractivity contribution is 9.11. The molecule has 1 heterocycles. The maximum atomic E-state index is 11.3. The molecule has 3 nitrogen and oxygen atoms in total. The van der Waals surface area contributed by atoms with Crippen LogP contribution in [0.25, 0.3) is 0 Å². The fourth-order valence-electron chi connectivity index (χ4n) is 1.28. The number of hydrogen-bond donors (Lipinski definition) is 1. The first-order chi connectivity index (χ1) is 6.18. The predicted molar refractivity (Wildman–Crippen MR) is 54.7 cm³/mol. The Morgan fingerprint density at radius 1 is 1.69 bits per heavy atom. The van der Waals surface area contributed by atoms with Crippen LogP contribution in [0, 0.1) is 0 Å². The van der Waals surface area contributed by atoms with Crippen LogP contribution in [0.1, 0.15) is 19.3 Å². The molecule has 1 atom stereocenters. The van der Waals surface area contributed by atoms with Gasteiger partial charge in [-0.25, -0.2) is 0 Å². The summed E-state index contributed by atoms with van der Waals surface area (Å²) >= 11 is 3.18. The van der Waals surface area contributed by atoms with Crippen molar-refractivity contribution >= 4 is 21.8 Å². The van der Waals surface area contributed by atoms with Gasteiger partial charge in [0.15, 0.2) is 0 Å². The second-order valence-electron chi connectivity index (χ2n) is 3.13. The molecular weight excluding hydrogens is 234 g/mol. The molecule has 0 aromatic heterocycles. The first-order valence-corrected chi connectivity index (χ1v) is 5.19. The lowest BCUT2D eigenvalue weighted by atomic mass is 10.2. The van der Waals surface area contributed by atoms with Gasteiger partial charge in [0, 0.05) is 17.6 Å². The van der Waals surface area contributed by atoms with Gasteiger partial charge in [0.1, 0.15) is 0 Å². The molecule has 13 heavy (non-hydrogen) atoms. The summed E-state index contributed by atoms with van der Waals surface area (Å²) in [5.74, 6) is 0.0347. The lowest BCUT2D eigenvalue weighted by molar-refractivity contribution is -0.123. The molecule has 4 heteroatoms. The van der Waals surface area contributed by atoms with Crippen LogP contribution in [0.5, 0.6) is 0 Å². The Bertz CT molecular complexity index is 200. The molecule has 1 fully saturated rings. The van der Waals surface area contributed by atoms with Gasteiger partial charge in [-0.05, 0) is 12.8 Å². The van der Waals surface area contributed by atoms with Gasteiger partial charge in [-0.1, -0.05) is 22.5 Å². The summed E-state index contributed by atoms with van der Waals surface area (Å²) in [5, 5.41) is 2.74. The van der Waals surface area contributed by atoms with E-state index in [9.17, 15) is 4.79 Å². The molecule has 0 aliphatic carbocycles. The van der Waals surface area contributed by atoms with Crippen LogP contribution < -0.4 is 5.32 Å². The van der Waals surface area contributed by atoms with Crippen molar-refractivity contribution in [2.24, 2.45) is 0 Å². The summed E-state index contributed by atoms with van der Waals surface area (Å²) < 4.78 is 6.12. The monoisotopic (exact) mass is 247 g/mol. The van der Waals surface area contributed by atoms with Crippen LogP contribution in [0.3, 0.4) is 0 Å². The van der Waals surface area contributed by atoms with Crippen molar-refractivity contribution in [3.8, 4) is 0 Å². The van der Waals surface area contributed by atoms with E-state index in [0.717, 1.165) is 23.9 Å². The predicted octanol–water partition coefficient (Wildman–Crippen LogP) is 1.58. The van der Waals surface area contributed by atoms with Crippen LogP contribution >= 0.6 is 15.9 Å². The second-order valence-corrected chi connectivity index (χ2v) is 4.25. The van der Waals surface area contributed by atoms with E-state index < -0.39 is 0 Å². The first-order valence-electron chi connectivity index (χ1n) is 4.40. The molecule has 1 N–H and O–H groups in total. The maximum Gasteiger partial charge on any atom is 0.222 e. The van der Waals surface area contributed by atoms with E-state index in [0.29, 0.717) is 13.0 Å². The quantitative estimate of drug-likeness (QED) is 0.820. The Morgan fingerprint density at radius 2 is 2.46 bits per heavy atom. The SMILES string of the molecule is C=C(Br)CNC(=O)CC1CCCO1. The average Bonchev–Trinajstić information content (AvgIpc) is 2.53. The van der Waals surface area contributed by atoms with Crippen LogP contribution in [-0.2, 0) is 9.53 Å². The maximum absolute atomic E-state index is 11.3. The molecule has 0 saturated carbocycles. The number of nitrogens with one attached hydrogen (secondary N) is 1. The van der Waals surface area contributed by atoms with E-state index in [-0.39, 0.29) is 12.0 Å². The van der Waals surface area contributed by atoms with Gasteiger partial charge in [0.2, 0.25) is 5.91 Å². The Kier molecular flexibility index (Phi) is 4.45. The molecule has 74 valence electrons. The zero-order valence-corrected chi connectivity index (χ0v) is 9.10. The zero-order chi connectivity index (χ0) is 9.68. The largest absolute Gasteiger partial charge is 0.378 e.